The summed E-state index contributed by atoms with van der Waals surface area (Å²) in [4.78, 5) is 25.3. The molecular formula is C18H14Br2N4O5. The van der Waals surface area contributed by atoms with Crippen LogP contribution in [0.4, 0.5) is 11.4 Å². The van der Waals surface area contributed by atoms with Crippen LogP contribution in [0.2, 0.25) is 0 Å². The maximum absolute atomic E-state index is 12.1. The Morgan fingerprint density at radius 3 is 2.52 bits per heavy atom. The molecule has 1 amide bonds. The fraction of sp³-hybridized carbons (Fsp3) is 0.167. The van der Waals surface area contributed by atoms with Crippen molar-refractivity contribution in [1.29, 1.82) is 0 Å². The first-order valence-corrected chi connectivity index (χ1v) is 9.78. The number of H-pyrrole nitrogens is 1. The quantitative estimate of drug-likeness (QED) is 0.254. The predicted octanol–water partition coefficient (Wildman–Crippen LogP) is 5.61. The summed E-state index contributed by atoms with van der Waals surface area (Å²) in [6.45, 7) is 2.90. The number of rotatable bonds is 5. The summed E-state index contributed by atoms with van der Waals surface area (Å²) in [5.74, 6) is -0.523. The fourth-order valence-corrected chi connectivity index (χ4v) is 4.15. The van der Waals surface area contributed by atoms with E-state index in [1.807, 2.05) is 0 Å². The van der Waals surface area contributed by atoms with E-state index in [2.05, 4.69) is 47.1 Å². The second kappa shape index (κ2) is 8.29. The zero-order chi connectivity index (χ0) is 21.3. The maximum atomic E-state index is 12.1. The number of hydrogen-bond acceptors (Lipinski definition) is 6. The number of ether oxygens (including phenoxy) is 1. The van der Waals surface area contributed by atoms with E-state index in [0.717, 1.165) is 4.47 Å². The molecule has 1 heterocycles. The summed E-state index contributed by atoms with van der Waals surface area (Å²) in [6, 6.07) is 6.27. The number of aromatic nitrogens is 1. The number of nitro groups is 1. The minimum atomic E-state index is -0.676. The highest BCUT2D eigenvalue weighted by Gasteiger charge is 2.16. The third-order valence-corrected chi connectivity index (χ3v) is 5.12. The summed E-state index contributed by atoms with van der Waals surface area (Å²) >= 11 is 6.74. The van der Waals surface area contributed by atoms with Crippen LogP contribution in [0.1, 0.15) is 11.1 Å². The van der Waals surface area contributed by atoms with Gasteiger partial charge in [-0.25, -0.2) is 0 Å². The van der Waals surface area contributed by atoms with E-state index in [4.69, 9.17) is 4.74 Å². The molecule has 2 N–H and O–H groups in total. The number of amides is 1. The van der Waals surface area contributed by atoms with Crippen molar-refractivity contribution >= 4 is 60.0 Å². The highest BCUT2D eigenvalue weighted by atomic mass is 79.9. The Balaban J connectivity index is 1.77. The molecule has 150 valence electrons. The van der Waals surface area contributed by atoms with Crippen LogP contribution < -0.4 is 4.74 Å². The number of aryl methyl sites for hydroxylation is 2. The van der Waals surface area contributed by atoms with Crippen molar-refractivity contribution in [2.45, 2.75) is 13.8 Å². The average Bonchev–Trinajstić information content (AvgIpc) is 2.94. The predicted molar refractivity (Wildman–Crippen MR) is 113 cm³/mol. The molecule has 3 rings (SSSR count). The van der Waals surface area contributed by atoms with Gasteiger partial charge in [0.05, 0.1) is 10.4 Å². The summed E-state index contributed by atoms with van der Waals surface area (Å²) in [5, 5.41) is 29.0. The van der Waals surface area contributed by atoms with Gasteiger partial charge in [-0.05, 0) is 53.0 Å². The maximum Gasteiger partial charge on any atom is 0.302 e. The largest absolute Gasteiger partial charge is 0.493 e. The Labute approximate surface area is 181 Å². The summed E-state index contributed by atoms with van der Waals surface area (Å²) in [6.07, 6.45) is 0. The van der Waals surface area contributed by atoms with Gasteiger partial charge in [-0.3, -0.25) is 14.9 Å². The third-order valence-electron chi connectivity index (χ3n) is 4.04. The topological polar surface area (TPSA) is 130 Å². The number of carbonyl (C=O) groups is 1. The Kier molecular flexibility index (Phi) is 5.99. The molecule has 3 aromatic rings. The molecule has 29 heavy (non-hydrogen) atoms. The molecule has 9 nitrogen and oxygen atoms in total. The lowest BCUT2D eigenvalue weighted by atomic mass is 10.1. The second-order valence-electron chi connectivity index (χ2n) is 6.18. The van der Waals surface area contributed by atoms with Crippen molar-refractivity contribution in [2.24, 2.45) is 10.2 Å². The molecule has 0 saturated heterocycles. The van der Waals surface area contributed by atoms with Crippen LogP contribution in [0.25, 0.3) is 10.9 Å². The fourth-order valence-electron chi connectivity index (χ4n) is 2.82. The van der Waals surface area contributed by atoms with Gasteiger partial charge in [0, 0.05) is 26.5 Å². The Morgan fingerprint density at radius 1 is 1.24 bits per heavy atom. The van der Waals surface area contributed by atoms with E-state index in [1.165, 1.54) is 12.1 Å². The van der Waals surface area contributed by atoms with Crippen LogP contribution in [0, 0.1) is 24.0 Å². The number of benzene rings is 2. The number of non-ortho nitro benzene ring substituents is 1. The van der Waals surface area contributed by atoms with Crippen molar-refractivity contribution < 1.29 is 19.6 Å². The molecule has 0 aliphatic heterocycles. The molecule has 0 fully saturated rings. The lowest BCUT2D eigenvalue weighted by molar-refractivity contribution is -0.385. The first-order chi connectivity index (χ1) is 13.7. The summed E-state index contributed by atoms with van der Waals surface area (Å²) in [7, 11) is 0. The number of halogens is 2. The van der Waals surface area contributed by atoms with Crippen LogP contribution in [0.15, 0.2) is 43.4 Å². The summed E-state index contributed by atoms with van der Waals surface area (Å²) in [5.41, 5.74) is 1.75. The van der Waals surface area contributed by atoms with Crippen molar-refractivity contribution in [3.63, 3.8) is 0 Å². The Morgan fingerprint density at radius 2 is 1.90 bits per heavy atom. The van der Waals surface area contributed by atoms with E-state index in [-0.39, 0.29) is 17.3 Å². The summed E-state index contributed by atoms with van der Waals surface area (Å²) < 4.78 is 6.94. The van der Waals surface area contributed by atoms with Gasteiger partial charge in [0.15, 0.2) is 12.3 Å². The molecule has 0 spiro atoms. The van der Waals surface area contributed by atoms with E-state index >= 15 is 0 Å². The van der Waals surface area contributed by atoms with Crippen LogP contribution in [0.3, 0.4) is 0 Å². The Bertz CT molecular complexity index is 1150. The van der Waals surface area contributed by atoms with E-state index < -0.39 is 17.4 Å². The van der Waals surface area contributed by atoms with E-state index in [1.54, 1.807) is 26.0 Å². The number of fused-ring (bicyclic) bond motifs is 1. The number of aromatic amines is 1. The van der Waals surface area contributed by atoms with Gasteiger partial charge in [-0.15, -0.1) is 10.2 Å². The molecule has 1 aromatic heterocycles. The van der Waals surface area contributed by atoms with E-state index in [0.29, 0.717) is 32.3 Å². The van der Waals surface area contributed by atoms with Crippen LogP contribution in [-0.2, 0) is 4.79 Å². The normalized spacial score (nSPS) is 11.3. The SMILES string of the molecule is Cc1cc([N+](=O)[O-])cc(C)c1OCC(=O)N=Nc1c(O)[nH]c2c(Br)cc(Br)cc12. The highest BCUT2D eigenvalue weighted by molar-refractivity contribution is 9.11. The molecule has 0 atom stereocenters. The lowest BCUT2D eigenvalue weighted by Gasteiger charge is -2.10. The monoisotopic (exact) mass is 524 g/mol. The number of nitrogens with one attached hydrogen (secondary N) is 1. The van der Waals surface area contributed by atoms with Crippen molar-refractivity contribution in [3.8, 4) is 11.6 Å². The highest BCUT2D eigenvalue weighted by Crippen LogP contribution is 2.40. The minimum absolute atomic E-state index is 0.0505. The first-order valence-electron chi connectivity index (χ1n) is 8.20. The van der Waals surface area contributed by atoms with Gasteiger partial charge < -0.3 is 14.8 Å². The molecule has 11 heteroatoms. The number of aromatic hydroxyl groups is 1. The van der Waals surface area contributed by atoms with Gasteiger partial charge in [0.25, 0.3) is 5.69 Å². The van der Waals surface area contributed by atoms with E-state index in [9.17, 15) is 20.0 Å². The smallest absolute Gasteiger partial charge is 0.302 e. The average molecular weight is 526 g/mol. The number of nitro benzene ring substituents is 1. The third kappa shape index (κ3) is 4.46. The Hall–Kier alpha value is -2.79. The molecule has 0 unspecified atom stereocenters. The zero-order valence-electron chi connectivity index (χ0n) is 15.2. The molecule has 0 aliphatic carbocycles. The first kappa shape index (κ1) is 20.9. The van der Waals surface area contributed by atoms with Gasteiger partial charge in [-0.2, -0.15) is 0 Å². The van der Waals surface area contributed by atoms with Gasteiger partial charge in [0.1, 0.15) is 5.75 Å². The standard InChI is InChI=1S/C18H14Br2N4O5/c1-8-3-11(24(27)28)4-9(2)17(8)29-7-14(25)22-23-16-12-5-10(19)6-13(20)15(12)21-18(16)26/h3-6,21,26H,7H2,1-2H3. The second-order valence-corrected chi connectivity index (χ2v) is 7.95. The number of hydrogen-bond donors (Lipinski definition) is 2. The minimum Gasteiger partial charge on any atom is -0.493 e. The van der Waals surface area contributed by atoms with Crippen LogP contribution in [-0.4, -0.2) is 27.5 Å². The van der Waals surface area contributed by atoms with Crippen molar-refractivity contribution in [3.05, 3.63) is 54.5 Å². The molecule has 0 bridgehead atoms. The van der Waals surface area contributed by atoms with Gasteiger partial charge in [0.2, 0.25) is 5.88 Å². The lowest BCUT2D eigenvalue weighted by Crippen LogP contribution is -2.09. The molecule has 0 saturated carbocycles. The zero-order valence-corrected chi connectivity index (χ0v) is 18.4. The molecule has 2 aromatic carbocycles. The van der Waals surface area contributed by atoms with Gasteiger partial charge in [-0.1, -0.05) is 15.9 Å². The number of azo groups is 1. The van der Waals surface area contributed by atoms with Crippen molar-refractivity contribution in [2.75, 3.05) is 6.61 Å². The number of nitrogens with zero attached hydrogens (tertiary/aromatic N) is 3. The molecule has 0 radical (unpaired) electrons. The number of carbonyl (C=O) groups excluding carboxylic acids is 1. The van der Waals surface area contributed by atoms with Crippen molar-refractivity contribution in [1.82, 2.24) is 4.98 Å². The van der Waals surface area contributed by atoms with Gasteiger partial charge >= 0.3 is 5.91 Å². The molecule has 0 aliphatic rings. The molecular weight excluding hydrogens is 512 g/mol. The van der Waals surface area contributed by atoms with Crippen LogP contribution in [0.5, 0.6) is 11.6 Å². The van der Waals surface area contributed by atoms with Crippen LogP contribution >= 0.6 is 31.9 Å².